The summed E-state index contributed by atoms with van der Waals surface area (Å²) in [6, 6.07) is 16.4. The molecule has 2 aromatic rings. The Labute approximate surface area is 203 Å². The fourth-order valence-corrected chi connectivity index (χ4v) is 3.05. The number of ether oxygens (including phenoxy) is 3. The number of hydrogen-bond acceptors (Lipinski definition) is 4. The van der Waals surface area contributed by atoms with Gasteiger partial charge in [-0.25, -0.2) is 0 Å². The predicted molar refractivity (Wildman–Crippen MR) is 138 cm³/mol. The molecule has 2 N–H and O–H groups in total. The molecule has 0 radical (unpaired) electrons. The maximum absolute atomic E-state index is 5.73. The van der Waals surface area contributed by atoms with Crippen molar-refractivity contribution in [2.75, 3.05) is 47.6 Å². The lowest BCUT2D eigenvalue weighted by molar-refractivity contribution is 0.133. The largest absolute Gasteiger partial charge is 0.493 e. The van der Waals surface area contributed by atoms with Crippen LogP contribution in [0.25, 0.3) is 0 Å². The summed E-state index contributed by atoms with van der Waals surface area (Å²) in [5.74, 6) is 2.32. The van der Waals surface area contributed by atoms with E-state index in [1.54, 1.807) is 21.3 Å². The first kappa shape index (κ1) is 27.0. The molecule has 172 valence electrons. The first-order valence-corrected chi connectivity index (χ1v) is 10.5. The molecule has 0 spiro atoms. The number of guanidine groups is 1. The highest BCUT2D eigenvalue weighted by Crippen LogP contribution is 2.27. The Balaban J connectivity index is 0.00000480. The van der Waals surface area contributed by atoms with Crippen molar-refractivity contribution in [1.82, 2.24) is 10.6 Å². The van der Waals surface area contributed by atoms with Gasteiger partial charge >= 0.3 is 0 Å². The molecule has 0 aliphatic heterocycles. The van der Waals surface area contributed by atoms with Crippen LogP contribution in [0.5, 0.6) is 11.5 Å². The number of methoxy groups -OCH3 is 2. The predicted octanol–water partition coefficient (Wildman–Crippen LogP) is 4.07. The van der Waals surface area contributed by atoms with Gasteiger partial charge in [0.1, 0.15) is 0 Å². The summed E-state index contributed by atoms with van der Waals surface area (Å²) in [7, 11) is 5.09. The summed E-state index contributed by atoms with van der Waals surface area (Å²) < 4.78 is 16.4. The van der Waals surface area contributed by atoms with Crippen molar-refractivity contribution < 1.29 is 14.2 Å². The monoisotopic (exact) mass is 541 g/mol. The SMILES string of the molecule is CN=C(NCCCCOCCc1ccccc1)NCCc1ccc(OC)c(OC)c1.I. The summed E-state index contributed by atoms with van der Waals surface area (Å²) in [4.78, 5) is 4.28. The van der Waals surface area contributed by atoms with Gasteiger partial charge in [0.2, 0.25) is 0 Å². The maximum atomic E-state index is 5.73. The zero-order valence-electron chi connectivity index (χ0n) is 18.9. The number of nitrogens with zero attached hydrogens (tertiary/aromatic N) is 1. The van der Waals surface area contributed by atoms with Crippen LogP contribution in [0.3, 0.4) is 0 Å². The van der Waals surface area contributed by atoms with E-state index in [1.165, 1.54) is 11.1 Å². The Kier molecular flexibility index (Phi) is 14.5. The van der Waals surface area contributed by atoms with E-state index in [2.05, 4.69) is 46.0 Å². The summed E-state index contributed by atoms with van der Waals surface area (Å²) in [6.07, 6.45) is 3.91. The molecule has 0 aliphatic carbocycles. The van der Waals surface area contributed by atoms with Gasteiger partial charge in [-0.15, -0.1) is 24.0 Å². The Morgan fingerprint density at radius 3 is 2.26 bits per heavy atom. The molecule has 0 atom stereocenters. The molecule has 0 fully saturated rings. The molecule has 31 heavy (non-hydrogen) atoms. The number of rotatable bonds is 13. The minimum Gasteiger partial charge on any atom is -0.493 e. The third kappa shape index (κ3) is 10.7. The highest BCUT2D eigenvalue weighted by Gasteiger charge is 2.05. The lowest BCUT2D eigenvalue weighted by Gasteiger charge is -2.13. The Morgan fingerprint density at radius 2 is 1.55 bits per heavy atom. The second-order valence-electron chi connectivity index (χ2n) is 6.92. The molecule has 6 nitrogen and oxygen atoms in total. The van der Waals surface area contributed by atoms with Crippen molar-refractivity contribution in [2.45, 2.75) is 25.7 Å². The average molecular weight is 541 g/mol. The molecule has 2 aromatic carbocycles. The van der Waals surface area contributed by atoms with Gasteiger partial charge in [-0.3, -0.25) is 4.99 Å². The maximum Gasteiger partial charge on any atom is 0.190 e. The van der Waals surface area contributed by atoms with Crippen LogP contribution in [0.15, 0.2) is 53.5 Å². The summed E-state index contributed by atoms with van der Waals surface area (Å²) >= 11 is 0. The smallest absolute Gasteiger partial charge is 0.190 e. The van der Waals surface area contributed by atoms with Crippen molar-refractivity contribution in [2.24, 2.45) is 4.99 Å². The van der Waals surface area contributed by atoms with Crippen molar-refractivity contribution in [3.8, 4) is 11.5 Å². The molecule has 2 rings (SSSR count). The minimum absolute atomic E-state index is 0. The number of unbranched alkanes of at least 4 members (excludes halogenated alkanes) is 1. The number of hydrogen-bond donors (Lipinski definition) is 2. The molecular formula is C24H36IN3O3. The Morgan fingerprint density at radius 1 is 0.806 bits per heavy atom. The summed E-state index contributed by atoms with van der Waals surface area (Å²) in [6.45, 7) is 3.23. The zero-order valence-corrected chi connectivity index (χ0v) is 21.2. The lowest BCUT2D eigenvalue weighted by Crippen LogP contribution is -2.38. The first-order chi connectivity index (χ1) is 14.8. The molecule has 0 heterocycles. The molecule has 0 aliphatic rings. The van der Waals surface area contributed by atoms with E-state index in [4.69, 9.17) is 14.2 Å². The molecule has 0 unspecified atom stereocenters. The van der Waals surface area contributed by atoms with Crippen LogP contribution < -0.4 is 20.1 Å². The number of aliphatic imine (C=N–C) groups is 1. The zero-order chi connectivity index (χ0) is 21.4. The Hall–Kier alpha value is -2.00. The van der Waals surface area contributed by atoms with E-state index in [-0.39, 0.29) is 24.0 Å². The van der Waals surface area contributed by atoms with Gasteiger partial charge in [-0.05, 0) is 48.9 Å². The molecule has 0 aromatic heterocycles. The van der Waals surface area contributed by atoms with Crippen molar-refractivity contribution in [1.29, 1.82) is 0 Å². The lowest BCUT2D eigenvalue weighted by atomic mass is 10.1. The third-order valence-corrected chi connectivity index (χ3v) is 4.76. The van der Waals surface area contributed by atoms with Crippen LogP contribution in [0.2, 0.25) is 0 Å². The molecular weight excluding hydrogens is 505 g/mol. The average Bonchev–Trinajstić information content (AvgIpc) is 2.80. The molecule has 7 heteroatoms. The second kappa shape index (κ2) is 16.7. The van der Waals surface area contributed by atoms with Crippen molar-refractivity contribution >= 4 is 29.9 Å². The number of halogens is 1. The van der Waals surface area contributed by atoms with Gasteiger partial charge in [0.25, 0.3) is 0 Å². The van der Waals surface area contributed by atoms with E-state index in [1.807, 2.05) is 18.2 Å². The summed E-state index contributed by atoms with van der Waals surface area (Å²) in [5, 5.41) is 6.70. The van der Waals surface area contributed by atoms with E-state index in [0.717, 1.165) is 69.4 Å². The number of nitrogens with one attached hydrogen (secondary N) is 2. The van der Waals surface area contributed by atoms with Gasteiger partial charge < -0.3 is 24.8 Å². The highest BCUT2D eigenvalue weighted by atomic mass is 127. The molecule has 0 saturated heterocycles. The van der Waals surface area contributed by atoms with E-state index in [9.17, 15) is 0 Å². The molecule has 0 amide bonds. The molecule has 0 bridgehead atoms. The van der Waals surface area contributed by atoms with Gasteiger partial charge in [0.05, 0.1) is 20.8 Å². The van der Waals surface area contributed by atoms with E-state index in [0.29, 0.717) is 0 Å². The number of benzene rings is 2. The van der Waals surface area contributed by atoms with Gasteiger partial charge in [0.15, 0.2) is 17.5 Å². The minimum atomic E-state index is 0. The van der Waals surface area contributed by atoms with Crippen LogP contribution >= 0.6 is 24.0 Å². The first-order valence-electron chi connectivity index (χ1n) is 10.5. The topological polar surface area (TPSA) is 64.1 Å². The van der Waals surface area contributed by atoms with Gasteiger partial charge in [-0.2, -0.15) is 0 Å². The van der Waals surface area contributed by atoms with Gasteiger partial charge in [0, 0.05) is 26.7 Å². The van der Waals surface area contributed by atoms with Crippen LogP contribution in [0.1, 0.15) is 24.0 Å². The fraction of sp³-hybridized carbons (Fsp3) is 0.458. The van der Waals surface area contributed by atoms with E-state index < -0.39 is 0 Å². The quantitative estimate of drug-likeness (QED) is 0.173. The second-order valence-corrected chi connectivity index (χ2v) is 6.92. The fourth-order valence-electron chi connectivity index (χ4n) is 3.05. The standard InChI is InChI=1S/C24H35N3O3.HI/c1-25-24(27-16-13-21-11-12-22(28-2)23(19-21)29-3)26-15-7-8-17-30-18-14-20-9-5-4-6-10-20;/h4-6,9-12,19H,7-8,13-18H2,1-3H3,(H2,25,26,27);1H. The highest BCUT2D eigenvalue weighted by molar-refractivity contribution is 14.0. The summed E-state index contributed by atoms with van der Waals surface area (Å²) in [5.41, 5.74) is 2.50. The normalized spacial score (nSPS) is 10.9. The third-order valence-electron chi connectivity index (χ3n) is 4.76. The van der Waals surface area contributed by atoms with Crippen molar-refractivity contribution in [3.63, 3.8) is 0 Å². The van der Waals surface area contributed by atoms with Crippen LogP contribution in [0.4, 0.5) is 0 Å². The van der Waals surface area contributed by atoms with E-state index >= 15 is 0 Å². The van der Waals surface area contributed by atoms with Gasteiger partial charge in [-0.1, -0.05) is 36.4 Å². The van der Waals surface area contributed by atoms with Crippen molar-refractivity contribution in [3.05, 3.63) is 59.7 Å². The molecule has 0 saturated carbocycles. The van der Waals surface area contributed by atoms with Crippen LogP contribution in [-0.4, -0.2) is 53.5 Å². The van der Waals surface area contributed by atoms with Crippen LogP contribution in [-0.2, 0) is 17.6 Å². The Bertz CT molecular complexity index is 757. The van der Waals surface area contributed by atoms with Crippen LogP contribution in [0, 0.1) is 0 Å².